The molecule has 1 amide bonds. The topological polar surface area (TPSA) is 69.3 Å². The van der Waals surface area contributed by atoms with Gasteiger partial charge in [0.15, 0.2) is 0 Å². The molecule has 3 N–H and O–H groups in total. The molecule has 1 aromatic heterocycles. The number of aromatic nitrogens is 1. The van der Waals surface area contributed by atoms with Crippen molar-refractivity contribution in [1.82, 2.24) is 15.8 Å². The van der Waals surface area contributed by atoms with Crippen LogP contribution >= 0.6 is 0 Å². The minimum atomic E-state index is -0.197. The summed E-state index contributed by atoms with van der Waals surface area (Å²) in [6, 6.07) is 21.6. The molecule has 3 heterocycles. The van der Waals surface area contributed by atoms with Crippen molar-refractivity contribution >= 4 is 17.3 Å². The summed E-state index contributed by atoms with van der Waals surface area (Å²) in [5.41, 5.74) is 10.2. The lowest BCUT2D eigenvalue weighted by Gasteiger charge is -2.42. The first kappa shape index (κ1) is 16.9. The van der Waals surface area contributed by atoms with E-state index >= 15 is 0 Å². The van der Waals surface area contributed by atoms with E-state index in [1.165, 1.54) is 0 Å². The van der Waals surface area contributed by atoms with E-state index in [0.29, 0.717) is 5.56 Å². The van der Waals surface area contributed by atoms with Crippen molar-refractivity contribution in [3.8, 4) is 0 Å². The maximum atomic E-state index is 13.5. The van der Waals surface area contributed by atoms with Crippen LogP contribution in [0, 0.1) is 5.92 Å². The number of anilines is 2. The molecule has 2 aliphatic heterocycles. The third-order valence-corrected chi connectivity index (χ3v) is 5.46. The number of fused-ring (bicyclic) bond motifs is 1. The third kappa shape index (κ3) is 2.83. The molecule has 0 spiro atoms. The second kappa shape index (κ2) is 7.07. The van der Waals surface area contributed by atoms with Gasteiger partial charge in [0.1, 0.15) is 6.17 Å². The third-order valence-electron chi connectivity index (χ3n) is 5.46. The Kier molecular flexibility index (Phi) is 4.27. The molecule has 6 heteroatoms. The van der Waals surface area contributed by atoms with Crippen LogP contribution < -0.4 is 21.1 Å². The molecular weight excluding hydrogens is 350 g/mol. The quantitative estimate of drug-likeness (QED) is 0.660. The summed E-state index contributed by atoms with van der Waals surface area (Å²) in [6.45, 7) is 0.732. The lowest BCUT2D eigenvalue weighted by Crippen LogP contribution is -2.54. The summed E-state index contributed by atoms with van der Waals surface area (Å²) in [5.74, 6) is 0.129. The first-order chi connectivity index (χ1) is 13.8. The largest absolute Gasteiger partial charge is 0.364 e. The van der Waals surface area contributed by atoms with Gasteiger partial charge in [-0.05, 0) is 35.9 Å². The van der Waals surface area contributed by atoms with Crippen LogP contribution in [0.2, 0.25) is 0 Å². The van der Waals surface area contributed by atoms with Crippen LogP contribution in [-0.2, 0) is 0 Å². The summed E-state index contributed by atoms with van der Waals surface area (Å²) in [7, 11) is 0. The van der Waals surface area contributed by atoms with E-state index in [1.54, 1.807) is 6.20 Å². The van der Waals surface area contributed by atoms with E-state index in [1.807, 2.05) is 71.8 Å². The van der Waals surface area contributed by atoms with Crippen LogP contribution in [0.4, 0.5) is 11.4 Å². The monoisotopic (exact) mass is 371 g/mol. The molecule has 0 saturated carbocycles. The molecule has 2 aliphatic rings. The van der Waals surface area contributed by atoms with Crippen LogP contribution in [0.3, 0.4) is 0 Å². The lowest BCUT2D eigenvalue weighted by atomic mass is 9.90. The highest BCUT2D eigenvalue weighted by molar-refractivity contribution is 6.12. The molecule has 3 unspecified atom stereocenters. The van der Waals surface area contributed by atoms with Crippen LogP contribution in [0.5, 0.6) is 0 Å². The zero-order chi connectivity index (χ0) is 18.9. The Morgan fingerprint density at radius 1 is 0.964 bits per heavy atom. The average molecular weight is 371 g/mol. The van der Waals surface area contributed by atoms with Crippen molar-refractivity contribution in [2.45, 2.75) is 12.2 Å². The van der Waals surface area contributed by atoms with Crippen molar-refractivity contribution in [1.29, 1.82) is 0 Å². The standard InChI is InChI=1S/C22H21N5O/c28-22-17-10-4-5-11-19(17)25-21(27(22)16-8-2-1-3-9-16)18-14-24-26-20(18)15-7-6-12-23-13-15/h1-13,18,20-21,24-26H,14H2. The predicted molar refractivity (Wildman–Crippen MR) is 109 cm³/mol. The number of pyridine rings is 1. The van der Waals surface area contributed by atoms with Gasteiger partial charge in [-0.2, -0.15) is 0 Å². The van der Waals surface area contributed by atoms with Gasteiger partial charge in [0, 0.05) is 36.2 Å². The second-order valence-corrected chi connectivity index (χ2v) is 7.10. The summed E-state index contributed by atoms with van der Waals surface area (Å²) >= 11 is 0. The molecule has 6 nitrogen and oxygen atoms in total. The highest BCUT2D eigenvalue weighted by Gasteiger charge is 2.43. The molecule has 28 heavy (non-hydrogen) atoms. The fraction of sp³-hybridized carbons (Fsp3) is 0.182. The van der Waals surface area contributed by atoms with Gasteiger partial charge in [0.25, 0.3) is 5.91 Å². The summed E-state index contributed by atoms with van der Waals surface area (Å²) < 4.78 is 0. The number of carbonyl (C=O) groups excluding carboxylic acids is 1. The van der Waals surface area contributed by atoms with Gasteiger partial charge in [-0.1, -0.05) is 36.4 Å². The molecule has 0 bridgehead atoms. The molecule has 1 fully saturated rings. The number of hydrogen-bond donors (Lipinski definition) is 3. The van der Waals surface area contributed by atoms with Crippen LogP contribution in [0.1, 0.15) is 22.0 Å². The number of benzene rings is 2. The summed E-state index contributed by atoms with van der Waals surface area (Å²) in [4.78, 5) is 19.6. The van der Waals surface area contributed by atoms with Crippen molar-refractivity contribution in [3.63, 3.8) is 0 Å². The van der Waals surface area contributed by atoms with E-state index in [0.717, 1.165) is 23.5 Å². The number of para-hydroxylation sites is 2. The van der Waals surface area contributed by atoms with E-state index in [-0.39, 0.29) is 24.0 Å². The Balaban J connectivity index is 1.58. The van der Waals surface area contributed by atoms with Gasteiger partial charge in [-0.25, -0.2) is 5.43 Å². The fourth-order valence-corrected chi connectivity index (χ4v) is 4.14. The Hall–Kier alpha value is -3.22. The van der Waals surface area contributed by atoms with Gasteiger partial charge in [-0.15, -0.1) is 0 Å². The number of amides is 1. The number of nitrogens with zero attached hydrogens (tertiary/aromatic N) is 2. The smallest absolute Gasteiger partial charge is 0.262 e. The highest BCUT2D eigenvalue weighted by Crippen LogP contribution is 2.37. The Labute approximate surface area is 163 Å². The SMILES string of the molecule is O=C1c2ccccc2NC(C2CNNC2c2cccnc2)N1c1ccccc1. The van der Waals surface area contributed by atoms with E-state index in [9.17, 15) is 4.79 Å². The normalized spacial score (nSPS) is 23.9. The highest BCUT2D eigenvalue weighted by atomic mass is 16.2. The molecule has 0 aliphatic carbocycles. The van der Waals surface area contributed by atoms with Gasteiger partial charge < -0.3 is 5.32 Å². The number of hydrogen-bond acceptors (Lipinski definition) is 5. The first-order valence-corrected chi connectivity index (χ1v) is 9.45. The second-order valence-electron chi connectivity index (χ2n) is 7.10. The first-order valence-electron chi connectivity index (χ1n) is 9.45. The zero-order valence-electron chi connectivity index (χ0n) is 15.2. The van der Waals surface area contributed by atoms with E-state index in [2.05, 4.69) is 27.2 Å². The molecular formula is C22H21N5O. The minimum absolute atomic E-state index is 0.0161. The summed E-state index contributed by atoms with van der Waals surface area (Å²) in [6.07, 6.45) is 3.45. The fourth-order valence-electron chi connectivity index (χ4n) is 4.14. The number of rotatable bonds is 3. The van der Waals surface area contributed by atoms with E-state index in [4.69, 9.17) is 0 Å². The molecule has 140 valence electrons. The predicted octanol–water partition coefficient (Wildman–Crippen LogP) is 2.95. The van der Waals surface area contributed by atoms with Crippen LogP contribution in [0.15, 0.2) is 79.1 Å². The van der Waals surface area contributed by atoms with Gasteiger partial charge in [0.2, 0.25) is 0 Å². The Morgan fingerprint density at radius 3 is 2.61 bits per heavy atom. The molecule has 0 radical (unpaired) electrons. The van der Waals surface area contributed by atoms with Gasteiger partial charge >= 0.3 is 0 Å². The number of nitrogens with one attached hydrogen (secondary N) is 3. The average Bonchev–Trinajstić information content (AvgIpc) is 3.25. The van der Waals surface area contributed by atoms with Crippen molar-refractivity contribution in [2.75, 3.05) is 16.8 Å². The zero-order valence-corrected chi connectivity index (χ0v) is 15.2. The number of hydrazine groups is 1. The molecule has 1 saturated heterocycles. The van der Waals surface area contributed by atoms with Crippen molar-refractivity contribution in [2.24, 2.45) is 5.92 Å². The van der Waals surface area contributed by atoms with Crippen LogP contribution in [-0.4, -0.2) is 23.6 Å². The minimum Gasteiger partial charge on any atom is -0.364 e. The van der Waals surface area contributed by atoms with Gasteiger partial charge in [-0.3, -0.25) is 20.1 Å². The lowest BCUT2D eigenvalue weighted by molar-refractivity contribution is 0.0965. The maximum absolute atomic E-state index is 13.5. The summed E-state index contributed by atoms with van der Waals surface area (Å²) in [5, 5.41) is 3.62. The van der Waals surface area contributed by atoms with E-state index < -0.39 is 0 Å². The van der Waals surface area contributed by atoms with Crippen LogP contribution in [0.25, 0.3) is 0 Å². The molecule has 3 aromatic rings. The molecule has 5 rings (SSSR count). The number of carbonyl (C=O) groups is 1. The molecule has 3 atom stereocenters. The van der Waals surface area contributed by atoms with Crippen molar-refractivity contribution in [3.05, 3.63) is 90.3 Å². The Bertz CT molecular complexity index is 978. The Morgan fingerprint density at radius 2 is 1.79 bits per heavy atom. The maximum Gasteiger partial charge on any atom is 0.262 e. The molecule has 2 aromatic carbocycles. The van der Waals surface area contributed by atoms with Crippen molar-refractivity contribution < 1.29 is 4.79 Å². The van der Waals surface area contributed by atoms with Gasteiger partial charge in [0.05, 0.1) is 11.6 Å².